The molecule has 0 atom stereocenters. The Hall–Kier alpha value is -2.15. The molecule has 0 spiro atoms. The van der Waals surface area contributed by atoms with Crippen LogP contribution in [0.3, 0.4) is 0 Å². The molecule has 1 heterocycles. The van der Waals surface area contributed by atoms with Crippen LogP contribution in [0.1, 0.15) is 35.8 Å². The second-order valence-corrected chi connectivity index (χ2v) is 4.06. The molecule has 1 aromatic rings. The second kappa shape index (κ2) is 7.32. The SMILES string of the molecule is CCc1cc(C(=O)NCCCC(N)=O)cc(NN)n1. The Morgan fingerprint density at radius 3 is 2.68 bits per heavy atom. The van der Waals surface area contributed by atoms with E-state index >= 15 is 0 Å². The summed E-state index contributed by atoms with van der Waals surface area (Å²) in [5.74, 6) is 5.15. The molecule has 0 saturated carbocycles. The van der Waals surface area contributed by atoms with E-state index in [1.54, 1.807) is 12.1 Å². The number of hydrogen-bond donors (Lipinski definition) is 4. The van der Waals surface area contributed by atoms with E-state index in [0.29, 0.717) is 30.8 Å². The van der Waals surface area contributed by atoms with Gasteiger partial charge in [0, 0.05) is 24.2 Å². The maximum atomic E-state index is 11.9. The topological polar surface area (TPSA) is 123 Å². The Morgan fingerprint density at radius 2 is 2.11 bits per heavy atom. The molecule has 19 heavy (non-hydrogen) atoms. The van der Waals surface area contributed by atoms with Gasteiger partial charge in [0.25, 0.3) is 5.91 Å². The molecule has 7 nitrogen and oxygen atoms in total. The number of rotatable bonds is 7. The number of nitrogen functional groups attached to an aromatic ring is 1. The number of anilines is 1. The normalized spacial score (nSPS) is 10.0. The Morgan fingerprint density at radius 1 is 1.37 bits per heavy atom. The number of nitrogens with one attached hydrogen (secondary N) is 2. The molecule has 7 heteroatoms. The standard InChI is InChI=1S/C12H19N5O2/c1-2-9-6-8(7-11(16-9)17-14)12(19)15-5-3-4-10(13)18/h6-7H,2-5,14H2,1H3,(H2,13,18)(H,15,19)(H,16,17). The van der Waals surface area contributed by atoms with Crippen LogP contribution < -0.4 is 22.3 Å². The summed E-state index contributed by atoms with van der Waals surface area (Å²) in [4.78, 5) is 26.7. The molecule has 0 aliphatic rings. The van der Waals surface area contributed by atoms with Crippen molar-refractivity contribution in [2.75, 3.05) is 12.0 Å². The van der Waals surface area contributed by atoms with Gasteiger partial charge >= 0.3 is 0 Å². The molecule has 1 rings (SSSR count). The Balaban J connectivity index is 2.63. The molecule has 2 amide bonds. The Kier molecular flexibility index (Phi) is 5.74. The quantitative estimate of drug-likeness (QED) is 0.312. The minimum absolute atomic E-state index is 0.224. The van der Waals surface area contributed by atoms with Gasteiger partial charge in [0.1, 0.15) is 5.82 Å². The van der Waals surface area contributed by atoms with E-state index in [-0.39, 0.29) is 18.2 Å². The summed E-state index contributed by atoms with van der Waals surface area (Å²) >= 11 is 0. The minimum Gasteiger partial charge on any atom is -0.370 e. The van der Waals surface area contributed by atoms with Crippen LogP contribution in [0.25, 0.3) is 0 Å². The van der Waals surface area contributed by atoms with Crippen LogP contribution in [0.2, 0.25) is 0 Å². The molecule has 0 bridgehead atoms. The van der Waals surface area contributed by atoms with Crippen LogP contribution in [0.4, 0.5) is 5.82 Å². The molecule has 0 aromatic carbocycles. The second-order valence-electron chi connectivity index (χ2n) is 4.06. The molecule has 0 aliphatic heterocycles. The van der Waals surface area contributed by atoms with Gasteiger partial charge in [0.05, 0.1) is 0 Å². The molecular formula is C12H19N5O2. The van der Waals surface area contributed by atoms with Gasteiger partial charge in [-0.15, -0.1) is 0 Å². The number of hydrazine groups is 1. The minimum atomic E-state index is -0.374. The van der Waals surface area contributed by atoms with E-state index in [9.17, 15) is 9.59 Å². The number of aryl methyl sites for hydroxylation is 1. The van der Waals surface area contributed by atoms with Gasteiger partial charge in [-0.1, -0.05) is 6.92 Å². The van der Waals surface area contributed by atoms with Crippen LogP contribution in [0.5, 0.6) is 0 Å². The van der Waals surface area contributed by atoms with Gasteiger partial charge in [0.15, 0.2) is 0 Å². The highest BCUT2D eigenvalue weighted by Crippen LogP contribution is 2.10. The van der Waals surface area contributed by atoms with E-state index in [2.05, 4.69) is 15.7 Å². The van der Waals surface area contributed by atoms with Crippen molar-refractivity contribution in [1.29, 1.82) is 0 Å². The number of amides is 2. The molecule has 0 fully saturated rings. The number of nitrogens with zero attached hydrogens (tertiary/aromatic N) is 1. The highest BCUT2D eigenvalue weighted by molar-refractivity contribution is 5.95. The number of hydrogen-bond acceptors (Lipinski definition) is 5. The zero-order valence-corrected chi connectivity index (χ0v) is 10.9. The van der Waals surface area contributed by atoms with Crippen molar-refractivity contribution in [3.05, 3.63) is 23.4 Å². The summed E-state index contributed by atoms with van der Waals surface area (Å²) in [6.45, 7) is 2.34. The average molecular weight is 265 g/mol. The zero-order chi connectivity index (χ0) is 14.3. The third-order valence-corrected chi connectivity index (χ3v) is 2.54. The smallest absolute Gasteiger partial charge is 0.251 e. The van der Waals surface area contributed by atoms with Crippen LogP contribution in [0.15, 0.2) is 12.1 Å². The highest BCUT2D eigenvalue weighted by atomic mass is 16.2. The number of carbonyl (C=O) groups excluding carboxylic acids is 2. The Labute approximate surface area is 111 Å². The summed E-state index contributed by atoms with van der Waals surface area (Å²) in [5, 5.41) is 2.71. The summed E-state index contributed by atoms with van der Waals surface area (Å²) in [6, 6.07) is 3.28. The van der Waals surface area contributed by atoms with Gasteiger partial charge < -0.3 is 16.5 Å². The van der Waals surface area contributed by atoms with Crippen LogP contribution in [0, 0.1) is 0 Å². The van der Waals surface area contributed by atoms with Gasteiger partial charge in [-0.3, -0.25) is 9.59 Å². The monoisotopic (exact) mass is 265 g/mol. The summed E-state index contributed by atoms with van der Waals surface area (Å²) in [5.41, 5.74) is 8.70. The lowest BCUT2D eigenvalue weighted by molar-refractivity contribution is -0.118. The Bertz CT molecular complexity index is 439. The van der Waals surface area contributed by atoms with E-state index in [0.717, 1.165) is 5.69 Å². The summed E-state index contributed by atoms with van der Waals surface area (Å²) < 4.78 is 0. The number of aromatic nitrogens is 1. The van der Waals surface area contributed by atoms with Crippen molar-refractivity contribution in [2.24, 2.45) is 11.6 Å². The van der Waals surface area contributed by atoms with Gasteiger partial charge in [-0.2, -0.15) is 0 Å². The van der Waals surface area contributed by atoms with Crippen LogP contribution in [-0.4, -0.2) is 23.3 Å². The van der Waals surface area contributed by atoms with Crippen molar-refractivity contribution < 1.29 is 9.59 Å². The molecule has 104 valence electrons. The van der Waals surface area contributed by atoms with E-state index in [4.69, 9.17) is 11.6 Å². The van der Waals surface area contributed by atoms with Crippen molar-refractivity contribution in [3.63, 3.8) is 0 Å². The van der Waals surface area contributed by atoms with E-state index < -0.39 is 0 Å². The summed E-state index contributed by atoms with van der Waals surface area (Å²) in [7, 11) is 0. The fourth-order valence-electron chi connectivity index (χ4n) is 1.54. The van der Waals surface area contributed by atoms with Crippen molar-refractivity contribution in [3.8, 4) is 0 Å². The molecule has 0 radical (unpaired) electrons. The predicted octanol–water partition coefficient (Wildman–Crippen LogP) is -0.0751. The largest absolute Gasteiger partial charge is 0.370 e. The molecular weight excluding hydrogens is 246 g/mol. The summed E-state index contributed by atoms with van der Waals surface area (Å²) in [6.07, 6.45) is 1.48. The van der Waals surface area contributed by atoms with Crippen LogP contribution >= 0.6 is 0 Å². The number of nitrogens with two attached hydrogens (primary N) is 2. The van der Waals surface area contributed by atoms with E-state index in [1.807, 2.05) is 6.92 Å². The van der Waals surface area contributed by atoms with Gasteiger partial charge in [0.2, 0.25) is 5.91 Å². The van der Waals surface area contributed by atoms with Gasteiger partial charge in [-0.05, 0) is 25.0 Å². The van der Waals surface area contributed by atoms with E-state index in [1.165, 1.54) is 0 Å². The average Bonchev–Trinajstić information content (AvgIpc) is 2.42. The van der Waals surface area contributed by atoms with Crippen molar-refractivity contribution in [1.82, 2.24) is 10.3 Å². The molecule has 0 unspecified atom stereocenters. The zero-order valence-electron chi connectivity index (χ0n) is 10.9. The number of pyridine rings is 1. The lowest BCUT2D eigenvalue weighted by atomic mass is 10.1. The highest BCUT2D eigenvalue weighted by Gasteiger charge is 2.08. The molecule has 6 N–H and O–H groups in total. The molecule has 1 aromatic heterocycles. The first-order chi connectivity index (χ1) is 9.06. The first kappa shape index (κ1) is 14.9. The predicted molar refractivity (Wildman–Crippen MR) is 72.2 cm³/mol. The first-order valence-corrected chi connectivity index (χ1v) is 6.11. The maximum absolute atomic E-state index is 11.9. The first-order valence-electron chi connectivity index (χ1n) is 6.11. The number of carbonyl (C=O) groups is 2. The maximum Gasteiger partial charge on any atom is 0.251 e. The fraction of sp³-hybridized carbons (Fsp3) is 0.417. The number of primary amides is 1. The fourth-order valence-corrected chi connectivity index (χ4v) is 1.54. The van der Waals surface area contributed by atoms with Crippen molar-refractivity contribution in [2.45, 2.75) is 26.2 Å². The van der Waals surface area contributed by atoms with Gasteiger partial charge in [-0.25, -0.2) is 10.8 Å². The van der Waals surface area contributed by atoms with Crippen molar-refractivity contribution >= 4 is 17.6 Å². The molecule has 0 aliphatic carbocycles. The lowest BCUT2D eigenvalue weighted by Gasteiger charge is -2.08. The third kappa shape index (κ3) is 4.92. The lowest BCUT2D eigenvalue weighted by Crippen LogP contribution is -2.26. The molecule has 0 saturated heterocycles. The third-order valence-electron chi connectivity index (χ3n) is 2.54. The van der Waals surface area contributed by atoms with Crippen LogP contribution in [-0.2, 0) is 11.2 Å².